The minimum Gasteiger partial charge on any atom is -0.336 e. The fraction of sp³-hybridized carbons (Fsp3) is 0.0204. The summed E-state index contributed by atoms with van der Waals surface area (Å²) in [7, 11) is 2.04. The molecule has 11 rings (SSSR count). The normalized spacial score (nSPS) is 11.6. The standard InChI is InChI=1S/C49H30N4.Pt/c1-51-31-52(46-22-9-8-21-45(46)51)33-25-27-39-37-15-3-2-13-35(37)36-14-4-5-16-38(36)42-19-12-18-34(49(42)43(39)30-33)32-24-26-41-40-17-6-7-20-44(40)53(47(41)29-32)48-23-10-11-28-50-48;/h2-28H,1H3;/q-2;. The van der Waals surface area contributed by atoms with Crippen LogP contribution in [-0.2, 0) is 28.1 Å². The van der Waals surface area contributed by atoms with Crippen LogP contribution in [0.5, 0.6) is 0 Å². The van der Waals surface area contributed by atoms with E-state index < -0.39 is 0 Å². The first kappa shape index (κ1) is 32.3. The molecule has 54 heavy (non-hydrogen) atoms. The third kappa shape index (κ3) is 4.80. The molecule has 0 unspecified atom stereocenters. The van der Waals surface area contributed by atoms with Crippen LogP contribution in [0, 0.1) is 18.5 Å². The molecule has 0 spiro atoms. The Morgan fingerprint density at radius 3 is 1.94 bits per heavy atom. The Hall–Kier alpha value is -6.35. The van der Waals surface area contributed by atoms with Crippen molar-refractivity contribution in [1.82, 2.24) is 14.1 Å². The Morgan fingerprint density at radius 1 is 0.519 bits per heavy atom. The third-order valence-corrected chi connectivity index (χ3v) is 10.7. The monoisotopic (exact) mass is 869 g/mol. The number of imidazole rings is 1. The summed E-state index contributed by atoms with van der Waals surface area (Å²) in [6.07, 6.45) is 5.40. The molecule has 0 N–H and O–H groups in total. The van der Waals surface area contributed by atoms with E-state index in [1.54, 1.807) is 0 Å². The van der Waals surface area contributed by atoms with Gasteiger partial charge < -0.3 is 13.7 Å². The smallest absolute Gasteiger partial charge is 0.242 e. The SMILES string of the molecule is C[n+]1[c-]n(-c2[c-]c3c(cc2)-c2ccccc2-c2ccccc2-c2cccc(-c4[c-]c5c(cc4)c4ccccc4n5-c4ccccn4)c2-3)c2ccccc21.[Pt]. The third-order valence-electron chi connectivity index (χ3n) is 10.7. The van der Waals surface area contributed by atoms with Crippen LogP contribution in [0.2, 0.25) is 0 Å². The van der Waals surface area contributed by atoms with Crippen molar-refractivity contribution in [3.05, 3.63) is 182 Å². The van der Waals surface area contributed by atoms with Crippen LogP contribution < -0.4 is 4.57 Å². The molecule has 5 heteroatoms. The van der Waals surface area contributed by atoms with Crippen molar-refractivity contribution in [2.24, 2.45) is 7.05 Å². The first-order valence-corrected chi connectivity index (χ1v) is 17.9. The van der Waals surface area contributed by atoms with Crippen molar-refractivity contribution in [1.29, 1.82) is 0 Å². The quantitative estimate of drug-likeness (QED) is 0.128. The first-order valence-electron chi connectivity index (χ1n) is 17.9. The average Bonchev–Trinajstić information content (AvgIpc) is 3.74. The number of pyridine rings is 1. The van der Waals surface area contributed by atoms with Gasteiger partial charge in [-0.25, -0.2) is 4.98 Å². The number of para-hydroxylation sites is 3. The zero-order valence-corrected chi connectivity index (χ0v) is 31.5. The van der Waals surface area contributed by atoms with Gasteiger partial charge in [-0.15, -0.1) is 70.3 Å². The summed E-state index contributed by atoms with van der Waals surface area (Å²) in [5.41, 5.74) is 16.6. The first-order chi connectivity index (χ1) is 26.2. The van der Waals surface area contributed by atoms with Gasteiger partial charge in [-0.3, -0.25) is 0 Å². The summed E-state index contributed by atoms with van der Waals surface area (Å²) in [6.45, 7) is 0. The summed E-state index contributed by atoms with van der Waals surface area (Å²) in [6, 6.07) is 64.1. The van der Waals surface area contributed by atoms with Crippen molar-refractivity contribution in [2.45, 2.75) is 0 Å². The van der Waals surface area contributed by atoms with E-state index >= 15 is 0 Å². The Morgan fingerprint density at radius 2 is 1.17 bits per heavy atom. The van der Waals surface area contributed by atoms with Gasteiger partial charge in [0.1, 0.15) is 5.82 Å². The average molecular weight is 870 g/mol. The molecule has 3 aromatic heterocycles. The molecule has 0 amide bonds. The Kier molecular flexibility index (Phi) is 7.57. The summed E-state index contributed by atoms with van der Waals surface area (Å²) in [4.78, 5) is 4.79. The van der Waals surface area contributed by atoms with Crippen molar-refractivity contribution < 1.29 is 25.6 Å². The van der Waals surface area contributed by atoms with Crippen LogP contribution in [0.1, 0.15) is 0 Å². The zero-order valence-electron chi connectivity index (χ0n) is 29.2. The molecule has 1 aliphatic rings. The second-order valence-electron chi connectivity index (χ2n) is 13.6. The molecule has 0 saturated heterocycles. The summed E-state index contributed by atoms with van der Waals surface area (Å²) in [5, 5.41) is 2.32. The second-order valence-corrected chi connectivity index (χ2v) is 13.6. The minimum absolute atomic E-state index is 0. The van der Waals surface area contributed by atoms with Gasteiger partial charge in [0.15, 0.2) is 0 Å². The van der Waals surface area contributed by atoms with E-state index in [-0.39, 0.29) is 21.1 Å². The largest absolute Gasteiger partial charge is 0.336 e. The molecule has 3 heterocycles. The number of fused-ring (bicyclic) bond motifs is 12. The van der Waals surface area contributed by atoms with Crippen LogP contribution >= 0.6 is 0 Å². The maximum Gasteiger partial charge on any atom is 0.242 e. The molecule has 1 aliphatic carbocycles. The van der Waals surface area contributed by atoms with Crippen LogP contribution in [0.15, 0.2) is 164 Å². The summed E-state index contributed by atoms with van der Waals surface area (Å²) < 4.78 is 6.41. The fourth-order valence-electron chi connectivity index (χ4n) is 8.36. The van der Waals surface area contributed by atoms with Crippen LogP contribution in [-0.4, -0.2) is 14.1 Å². The molecule has 0 aliphatic heterocycles. The molecule has 0 bridgehead atoms. The molecule has 4 nitrogen and oxygen atoms in total. The number of aromatic nitrogens is 4. The number of hydrogen-bond acceptors (Lipinski definition) is 1. The number of aryl methyl sites for hydroxylation is 1. The Balaban J connectivity index is 0.00000361. The van der Waals surface area contributed by atoms with Crippen LogP contribution in [0.25, 0.3) is 100.0 Å². The van der Waals surface area contributed by atoms with E-state index in [1.165, 1.54) is 27.6 Å². The van der Waals surface area contributed by atoms with Crippen LogP contribution in [0.3, 0.4) is 0 Å². The number of benzene rings is 7. The van der Waals surface area contributed by atoms with E-state index in [4.69, 9.17) is 4.98 Å². The van der Waals surface area contributed by atoms with Gasteiger partial charge >= 0.3 is 0 Å². The molecule has 0 saturated carbocycles. The molecule has 0 radical (unpaired) electrons. The predicted octanol–water partition coefficient (Wildman–Crippen LogP) is 11.0. The van der Waals surface area contributed by atoms with Gasteiger partial charge in [0.05, 0.1) is 18.1 Å². The minimum atomic E-state index is 0. The Bertz CT molecular complexity index is 3080. The van der Waals surface area contributed by atoms with Gasteiger partial charge in [-0.1, -0.05) is 126 Å². The molecule has 10 aromatic rings. The topological polar surface area (TPSA) is 26.6 Å². The van der Waals surface area contributed by atoms with Crippen molar-refractivity contribution in [3.8, 4) is 67.1 Å². The molecule has 0 fully saturated rings. The zero-order chi connectivity index (χ0) is 35.0. The molecule has 7 aromatic carbocycles. The summed E-state index contributed by atoms with van der Waals surface area (Å²) in [5.74, 6) is 0.868. The van der Waals surface area contributed by atoms with Crippen LogP contribution in [0.4, 0.5) is 0 Å². The van der Waals surface area contributed by atoms with Crippen molar-refractivity contribution in [2.75, 3.05) is 0 Å². The molecule has 258 valence electrons. The maximum absolute atomic E-state index is 4.79. The van der Waals surface area contributed by atoms with E-state index in [0.29, 0.717) is 0 Å². The van der Waals surface area contributed by atoms with E-state index in [1.807, 2.05) is 25.4 Å². The summed E-state index contributed by atoms with van der Waals surface area (Å²) >= 11 is 0. The van der Waals surface area contributed by atoms with Gasteiger partial charge in [0.25, 0.3) is 0 Å². The maximum atomic E-state index is 4.79. The second kappa shape index (κ2) is 12.7. The van der Waals surface area contributed by atoms with Gasteiger partial charge in [0, 0.05) is 32.8 Å². The Labute approximate surface area is 327 Å². The van der Waals surface area contributed by atoms with Gasteiger partial charge in [0.2, 0.25) is 6.33 Å². The molecule has 0 atom stereocenters. The van der Waals surface area contributed by atoms with E-state index in [2.05, 4.69) is 178 Å². The van der Waals surface area contributed by atoms with Crippen molar-refractivity contribution in [3.63, 3.8) is 0 Å². The number of rotatable bonds is 3. The van der Waals surface area contributed by atoms with E-state index in [9.17, 15) is 0 Å². The molecular weight excluding hydrogens is 840 g/mol. The van der Waals surface area contributed by atoms with Crippen molar-refractivity contribution >= 4 is 32.8 Å². The van der Waals surface area contributed by atoms with E-state index in [0.717, 1.165) is 72.3 Å². The predicted molar refractivity (Wildman–Crippen MR) is 214 cm³/mol. The number of hydrogen-bond donors (Lipinski definition) is 0. The number of nitrogens with zero attached hydrogens (tertiary/aromatic N) is 4. The van der Waals surface area contributed by atoms with Gasteiger partial charge in [-0.2, -0.15) is 0 Å². The molecular formula is C49H30N4Pt-2. The fourth-order valence-corrected chi connectivity index (χ4v) is 8.36. The van der Waals surface area contributed by atoms with Gasteiger partial charge in [-0.05, 0) is 51.5 Å².